The zero-order chi connectivity index (χ0) is 18.7. The van der Waals surface area contributed by atoms with Crippen molar-refractivity contribution in [2.75, 3.05) is 6.54 Å². The third-order valence-electron chi connectivity index (χ3n) is 4.20. The summed E-state index contributed by atoms with van der Waals surface area (Å²) in [5.41, 5.74) is 1.15. The molecule has 5 nitrogen and oxygen atoms in total. The normalized spacial score (nSPS) is 15.9. The van der Waals surface area contributed by atoms with Gasteiger partial charge in [0.05, 0.1) is 22.2 Å². The number of nitrogens with zero attached hydrogens (tertiary/aromatic N) is 1. The van der Waals surface area contributed by atoms with Crippen LogP contribution in [0, 0.1) is 0 Å². The molecule has 0 fully saturated rings. The topological polar surface area (TPSA) is 69.6 Å². The Balaban J connectivity index is 1.92. The van der Waals surface area contributed by atoms with Crippen LogP contribution in [0.25, 0.3) is 0 Å². The summed E-state index contributed by atoms with van der Waals surface area (Å²) in [7, 11) is 0. The summed E-state index contributed by atoms with van der Waals surface area (Å²) < 4.78 is 0. The molecule has 2 N–H and O–H groups in total. The SMILES string of the molecule is CC(CCc1ccc(Cl)c(Cl)c1)NC(=O)C1=C(O)C(=O)N(C(C)C)C1. The predicted molar refractivity (Wildman–Crippen MR) is 98.9 cm³/mol. The van der Waals surface area contributed by atoms with Crippen molar-refractivity contribution >= 4 is 35.0 Å². The first-order chi connectivity index (χ1) is 11.7. The minimum atomic E-state index is -0.497. The van der Waals surface area contributed by atoms with Gasteiger partial charge in [-0.3, -0.25) is 9.59 Å². The summed E-state index contributed by atoms with van der Waals surface area (Å²) in [6.07, 6.45) is 1.42. The molecule has 7 heteroatoms. The number of halogens is 2. The first-order valence-corrected chi connectivity index (χ1v) is 8.94. The highest BCUT2D eigenvalue weighted by molar-refractivity contribution is 6.42. The second-order valence-corrected chi connectivity index (χ2v) is 7.33. The lowest BCUT2D eigenvalue weighted by atomic mass is 10.1. The lowest BCUT2D eigenvalue weighted by molar-refractivity contribution is -0.129. The van der Waals surface area contributed by atoms with Crippen molar-refractivity contribution in [3.8, 4) is 0 Å². The van der Waals surface area contributed by atoms with Gasteiger partial charge in [-0.15, -0.1) is 0 Å². The molecule has 1 atom stereocenters. The van der Waals surface area contributed by atoms with Gasteiger partial charge in [-0.05, 0) is 51.3 Å². The molecule has 0 saturated heterocycles. The molecule has 136 valence electrons. The number of nitrogens with one attached hydrogen (secondary N) is 1. The van der Waals surface area contributed by atoms with Gasteiger partial charge in [0.15, 0.2) is 5.76 Å². The van der Waals surface area contributed by atoms with Crippen LogP contribution >= 0.6 is 23.2 Å². The fourth-order valence-corrected chi connectivity index (χ4v) is 2.96. The Kier molecular flexibility index (Phi) is 6.36. The van der Waals surface area contributed by atoms with Crippen LogP contribution < -0.4 is 5.32 Å². The third-order valence-corrected chi connectivity index (χ3v) is 4.94. The Bertz CT molecular complexity index is 716. The molecular formula is C18H22Cl2N2O3. The van der Waals surface area contributed by atoms with E-state index in [2.05, 4.69) is 5.32 Å². The van der Waals surface area contributed by atoms with Gasteiger partial charge in [0, 0.05) is 12.1 Å². The van der Waals surface area contributed by atoms with Crippen LogP contribution in [0.2, 0.25) is 10.0 Å². The maximum atomic E-state index is 12.3. The molecule has 1 aliphatic heterocycles. The van der Waals surface area contributed by atoms with E-state index in [4.69, 9.17) is 23.2 Å². The molecule has 0 aliphatic carbocycles. The van der Waals surface area contributed by atoms with Gasteiger partial charge < -0.3 is 15.3 Å². The van der Waals surface area contributed by atoms with Gasteiger partial charge in [0.1, 0.15) is 0 Å². The molecule has 0 spiro atoms. The summed E-state index contributed by atoms with van der Waals surface area (Å²) in [5.74, 6) is -1.36. The van der Waals surface area contributed by atoms with Gasteiger partial charge >= 0.3 is 0 Å². The van der Waals surface area contributed by atoms with E-state index in [1.54, 1.807) is 6.07 Å². The predicted octanol–water partition coefficient (Wildman–Crippen LogP) is 3.49. The molecule has 0 aromatic heterocycles. The van der Waals surface area contributed by atoms with E-state index in [1.807, 2.05) is 32.9 Å². The van der Waals surface area contributed by atoms with Crippen molar-refractivity contribution in [1.29, 1.82) is 0 Å². The molecule has 1 unspecified atom stereocenters. The molecular weight excluding hydrogens is 363 g/mol. The van der Waals surface area contributed by atoms with E-state index in [0.717, 1.165) is 12.0 Å². The second kappa shape index (κ2) is 8.11. The summed E-state index contributed by atoms with van der Waals surface area (Å²) in [5, 5.41) is 13.8. The molecule has 1 aromatic rings. The van der Waals surface area contributed by atoms with Crippen LogP contribution in [0.1, 0.15) is 32.8 Å². The number of rotatable bonds is 6. The number of carbonyl (C=O) groups excluding carboxylic acids is 2. The number of aryl methyl sites for hydroxylation is 1. The highest BCUT2D eigenvalue weighted by atomic mass is 35.5. The van der Waals surface area contributed by atoms with Gasteiger partial charge in [-0.1, -0.05) is 29.3 Å². The first-order valence-electron chi connectivity index (χ1n) is 8.18. The molecule has 2 amide bonds. The Morgan fingerprint density at radius 1 is 1.28 bits per heavy atom. The van der Waals surface area contributed by atoms with E-state index in [-0.39, 0.29) is 24.2 Å². The van der Waals surface area contributed by atoms with Gasteiger partial charge in [0.2, 0.25) is 0 Å². The molecule has 1 aliphatic rings. The lowest BCUT2D eigenvalue weighted by Gasteiger charge is -2.20. The monoisotopic (exact) mass is 384 g/mol. The second-order valence-electron chi connectivity index (χ2n) is 6.52. The summed E-state index contributed by atoms with van der Waals surface area (Å²) in [6, 6.07) is 5.25. The Labute approximate surface area is 157 Å². The highest BCUT2D eigenvalue weighted by Crippen LogP contribution is 2.23. The highest BCUT2D eigenvalue weighted by Gasteiger charge is 2.35. The van der Waals surface area contributed by atoms with E-state index >= 15 is 0 Å². The summed E-state index contributed by atoms with van der Waals surface area (Å²) in [6.45, 7) is 5.69. The molecule has 1 aromatic carbocycles. The summed E-state index contributed by atoms with van der Waals surface area (Å²) >= 11 is 11.9. The zero-order valence-corrected chi connectivity index (χ0v) is 16.0. The smallest absolute Gasteiger partial charge is 0.289 e. The fraction of sp³-hybridized carbons (Fsp3) is 0.444. The Hall–Kier alpha value is -1.72. The number of hydrogen-bond donors (Lipinski definition) is 2. The minimum absolute atomic E-state index is 0.0768. The van der Waals surface area contributed by atoms with Gasteiger partial charge in [-0.2, -0.15) is 0 Å². The molecule has 1 heterocycles. The van der Waals surface area contributed by atoms with Crippen molar-refractivity contribution in [1.82, 2.24) is 10.2 Å². The van der Waals surface area contributed by atoms with Crippen LogP contribution in [-0.2, 0) is 16.0 Å². The van der Waals surface area contributed by atoms with E-state index in [1.165, 1.54) is 4.90 Å². The maximum Gasteiger partial charge on any atom is 0.289 e. The van der Waals surface area contributed by atoms with Crippen LogP contribution in [0.4, 0.5) is 0 Å². The van der Waals surface area contributed by atoms with E-state index in [0.29, 0.717) is 16.5 Å². The average molecular weight is 385 g/mol. The molecule has 2 rings (SSSR count). The molecule has 0 radical (unpaired) electrons. The molecule has 25 heavy (non-hydrogen) atoms. The van der Waals surface area contributed by atoms with Crippen LogP contribution in [0.5, 0.6) is 0 Å². The van der Waals surface area contributed by atoms with E-state index in [9.17, 15) is 14.7 Å². The summed E-state index contributed by atoms with van der Waals surface area (Å²) in [4.78, 5) is 25.7. The maximum absolute atomic E-state index is 12.3. The average Bonchev–Trinajstić information content (AvgIpc) is 2.84. The van der Waals surface area contributed by atoms with Crippen molar-refractivity contribution < 1.29 is 14.7 Å². The van der Waals surface area contributed by atoms with Crippen LogP contribution in [0.15, 0.2) is 29.5 Å². The van der Waals surface area contributed by atoms with Crippen molar-refractivity contribution in [3.05, 3.63) is 45.1 Å². The lowest BCUT2D eigenvalue weighted by Crippen LogP contribution is -2.37. The van der Waals surface area contributed by atoms with Crippen molar-refractivity contribution in [2.45, 2.75) is 45.7 Å². The van der Waals surface area contributed by atoms with Crippen LogP contribution in [0.3, 0.4) is 0 Å². The molecule has 0 bridgehead atoms. The number of amides is 2. The van der Waals surface area contributed by atoms with Crippen molar-refractivity contribution in [2.24, 2.45) is 0 Å². The fourth-order valence-electron chi connectivity index (χ4n) is 2.64. The Morgan fingerprint density at radius 2 is 1.96 bits per heavy atom. The minimum Gasteiger partial charge on any atom is -0.503 e. The first kappa shape index (κ1) is 19.6. The number of benzene rings is 1. The van der Waals surface area contributed by atoms with Gasteiger partial charge in [-0.25, -0.2) is 0 Å². The number of carbonyl (C=O) groups is 2. The standard InChI is InChI=1S/C18H22Cl2N2O3/c1-10(2)22-9-13(16(23)18(22)25)17(24)21-11(3)4-5-12-6-7-14(19)15(20)8-12/h6-8,10-11,23H,4-5,9H2,1-3H3,(H,21,24). The van der Waals surface area contributed by atoms with Crippen molar-refractivity contribution in [3.63, 3.8) is 0 Å². The zero-order valence-electron chi connectivity index (χ0n) is 14.5. The van der Waals surface area contributed by atoms with Crippen LogP contribution in [-0.4, -0.2) is 40.4 Å². The number of aliphatic hydroxyl groups is 1. The largest absolute Gasteiger partial charge is 0.503 e. The van der Waals surface area contributed by atoms with E-state index < -0.39 is 17.6 Å². The molecule has 0 saturated carbocycles. The van der Waals surface area contributed by atoms with Gasteiger partial charge in [0.25, 0.3) is 11.8 Å². The quantitative estimate of drug-likeness (QED) is 0.788. The number of hydrogen-bond acceptors (Lipinski definition) is 3. The Morgan fingerprint density at radius 3 is 2.52 bits per heavy atom. The number of aliphatic hydroxyl groups excluding tert-OH is 1. The third kappa shape index (κ3) is 4.67.